The summed E-state index contributed by atoms with van der Waals surface area (Å²) in [5.41, 5.74) is 0. The van der Waals surface area contributed by atoms with Crippen LogP contribution in [0.25, 0.3) is 0 Å². The van der Waals surface area contributed by atoms with Gasteiger partial charge in [-0.25, -0.2) is 0 Å². The summed E-state index contributed by atoms with van der Waals surface area (Å²) >= 11 is 0. The van der Waals surface area contributed by atoms with Gasteiger partial charge in [-0.15, -0.1) is 0 Å². The molecule has 106 valence electrons. The molecule has 2 aliphatic rings. The van der Waals surface area contributed by atoms with Gasteiger partial charge in [-0.1, -0.05) is 13.3 Å². The van der Waals surface area contributed by atoms with Crippen molar-refractivity contribution in [2.24, 2.45) is 5.92 Å². The third-order valence-electron chi connectivity index (χ3n) is 4.31. The second kappa shape index (κ2) is 7.46. The zero-order valence-electron chi connectivity index (χ0n) is 12.2. The number of likely N-dealkylation sites (tertiary alicyclic amines) is 1. The first-order valence-electron chi connectivity index (χ1n) is 7.79. The molecular formula is C15H30N2O. The van der Waals surface area contributed by atoms with Gasteiger partial charge in [0.05, 0.1) is 6.61 Å². The van der Waals surface area contributed by atoms with E-state index in [1.54, 1.807) is 0 Å². The summed E-state index contributed by atoms with van der Waals surface area (Å²) in [6.45, 7) is 6.96. The van der Waals surface area contributed by atoms with Gasteiger partial charge in [0.2, 0.25) is 0 Å². The molecule has 0 radical (unpaired) electrons. The Hall–Kier alpha value is -0.120. The maximum Gasteiger partial charge on any atom is 0.0502 e. The fourth-order valence-electron chi connectivity index (χ4n) is 3.14. The fraction of sp³-hybridized carbons (Fsp3) is 1.00. The van der Waals surface area contributed by atoms with Crippen LogP contribution in [0.5, 0.6) is 0 Å². The van der Waals surface area contributed by atoms with Gasteiger partial charge in [0.1, 0.15) is 0 Å². The highest BCUT2D eigenvalue weighted by Gasteiger charge is 2.27. The highest BCUT2D eigenvalue weighted by Crippen LogP contribution is 2.22. The van der Waals surface area contributed by atoms with Crippen LogP contribution in [0.1, 0.15) is 45.4 Å². The SMILES string of the molecule is CCCC(CNC1CC1)N1CCCC(COC)C1. The highest BCUT2D eigenvalue weighted by molar-refractivity contribution is 4.86. The third kappa shape index (κ3) is 4.52. The van der Waals surface area contributed by atoms with E-state index in [1.165, 1.54) is 58.2 Å². The zero-order valence-corrected chi connectivity index (χ0v) is 12.2. The molecule has 1 heterocycles. The molecule has 18 heavy (non-hydrogen) atoms. The summed E-state index contributed by atoms with van der Waals surface area (Å²) in [5, 5.41) is 3.71. The van der Waals surface area contributed by atoms with Gasteiger partial charge in [0.25, 0.3) is 0 Å². The van der Waals surface area contributed by atoms with Crippen molar-refractivity contribution in [2.45, 2.75) is 57.5 Å². The molecule has 2 unspecified atom stereocenters. The fourth-order valence-corrected chi connectivity index (χ4v) is 3.14. The topological polar surface area (TPSA) is 24.5 Å². The van der Waals surface area contributed by atoms with Crippen molar-refractivity contribution >= 4 is 0 Å². The number of hydrogen-bond acceptors (Lipinski definition) is 3. The molecule has 3 nitrogen and oxygen atoms in total. The monoisotopic (exact) mass is 254 g/mol. The van der Waals surface area contributed by atoms with Crippen molar-refractivity contribution in [1.29, 1.82) is 0 Å². The van der Waals surface area contributed by atoms with Crippen LogP contribution < -0.4 is 5.32 Å². The van der Waals surface area contributed by atoms with E-state index >= 15 is 0 Å². The summed E-state index contributed by atoms with van der Waals surface area (Å²) in [7, 11) is 1.83. The van der Waals surface area contributed by atoms with E-state index in [0.29, 0.717) is 0 Å². The second-order valence-corrected chi connectivity index (χ2v) is 6.08. The third-order valence-corrected chi connectivity index (χ3v) is 4.31. The van der Waals surface area contributed by atoms with Gasteiger partial charge >= 0.3 is 0 Å². The summed E-state index contributed by atoms with van der Waals surface area (Å²) in [4.78, 5) is 2.71. The Morgan fingerprint density at radius 1 is 1.33 bits per heavy atom. The summed E-state index contributed by atoms with van der Waals surface area (Å²) in [5.74, 6) is 0.754. The van der Waals surface area contributed by atoms with Crippen LogP contribution in [0, 0.1) is 5.92 Å². The summed E-state index contributed by atoms with van der Waals surface area (Å²) < 4.78 is 5.34. The van der Waals surface area contributed by atoms with Crippen LogP contribution >= 0.6 is 0 Å². The van der Waals surface area contributed by atoms with Crippen LogP contribution in [-0.2, 0) is 4.74 Å². The molecule has 0 amide bonds. The van der Waals surface area contributed by atoms with Crippen molar-refractivity contribution < 1.29 is 4.74 Å². The van der Waals surface area contributed by atoms with Gasteiger partial charge in [0.15, 0.2) is 0 Å². The van der Waals surface area contributed by atoms with E-state index < -0.39 is 0 Å². The molecule has 2 fully saturated rings. The number of methoxy groups -OCH3 is 1. The van der Waals surface area contributed by atoms with Crippen LogP contribution in [-0.4, -0.2) is 50.3 Å². The number of rotatable bonds is 8. The van der Waals surface area contributed by atoms with Gasteiger partial charge in [0, 0.05) is 32.3 Å². The lowest BCUT2D eigenvalue weighted by molar-refractivity contribution is 0.0650. The average Bonchev–Trinajstić information content (AvgIpc) is 3.19. The molecule has 1 N–H and O–H groups in total. The number of piperidine rings is 1. The summed E-state index contributed by atoms with van der Waals surface area (Å²) in [6, 6.07) is 1.58. The average molecular weight is 254 g/mol. The first-order chi connectivity index (χ1) is 8.83. The van der Waals surface area contributed by atoms with E-state index in [2.05, 4.69) is 17.1 Å². The number of ether oxygens (including phenoxy) is 1. The molecule has 0 aromatic carbocycles. The van der Waals surface area contributed by atoms with E-state index in [-0.39, 0.29) is 0 Å². The first-order valence-corrected chi connectivity index (χ1v) is 7.79. The smallest absolute Gasteiger partial charge is 0.0502 e. The maximum atomic E-state index is 5.34. The Labute approximate surface area is 112 Å². The zero-order chi connectivity index (χ0) is 12.8. The largest absolute Gasteiger partial charge is 0.384 e. The molecule has 0 spiro atoms. The Kier molecular flexibility index (Phi) is 5.93. The highest BCUT2D eigenvalue weighted by atomic mass is 16.5. The van der Waals surface area contributed by atoms with Crippen molar-refractivity contribution in [1.82, 2.24) is 10.2 Å². The van der Waals surface area contributed by atoms with Crippen LogP contribution in [0.3, 0.4) is 0 Å². The molecule has 1 aliphatic carbocycles. The number of nitrogens with zero attached hydrogens (tertiary/aromatic N) is 1. The van der Waals surface area contributed by atoms with E-state index in [4.69, 9.17) is 4.74 Å². The normalized spacial score (nSPS) is 27.3. The molecular weight excluding hydrogens is 224 g/mol. The molecule has 0 aromatic rings. The van der Waals surface area contributed by atoms with Crippen molar-refractivity contribution in [3.8, 4) is 0 Å². The molecule has 0 bridgehead atoms. The molecule has 2 atom stereocenters. The lowest BCUT2D eigenvalue weighted by atomic mass is 9.96. The van der Waals surface area contributed by atoms with Crippen molar-refractivity contribution in [3.05, 3.63) is 0 Å². The predicted molar refractivity (Wildman–Crippen MR) is 75.9 cm³/mol. The number of nitrogens with one attached hydrogen (secondary N) is 1. The van der Waals surface area contributed by atoms with E-state index in [1.807, 2.05) is 7.11 Å². The van der Waals surface area contributed by atoms with Gasteiger partial charge in [-0.05, 0) is 44.6 Å². The minimum atomic E-state index is 0.746. The number of hydrogen-bond donors (Lipinski definition) is 1. The van der Waals surface area contributed by atoms with Gasteiger partial charge in [-0.2, -0.15) is 0 Å². The molecule has 1 aliphatic heterocycles. The molecule has 3 heteroatoms. The standard InChI is InChI=1S/C15H30N2O/c1-3-5-15(10-16-14-7-8-14)17-9-4-6-13(11-17)12-18-2/h13-16H,3-12H2,1-2H3. The van der Waals surface area contributed by atoms with Crippen molar-refractivity contribution in [2.75, 3.05) is 33.4 Å². The Bertz CT molecular complexity index is 229. The van der Waals surface area contributed by atoms with E-state index in [0.717, 1.165) is 24.6 Å². The van der Waals surface area contributed by atoms with Crippen LogP contribution in [0.2, 0.25) is 0 Å². The Morgan fingerprint density at radius 3 is 2.83 bits per heavy atom. The van der Waals surface area contributed by atoms with Gasteiger partial charge in [-0.3, -0.25) is 4.90 Å². The Morgan fingerprint density at radius 2 is 2.17 bits per heavy atom. The van der Waals surface area contributed by atoms with Gasteiger partial charge < -0.3 is 10.1 Å². The summed E-state index contributed by atoms with van der Waals surface area (Å²) in [6.07, 6.45) is 8.11. The minimum Gasteiger partial charge on any atom is -0.384 e. The molecule has 0 aromatic heterocycles. The first kappa shape index (κ1) is 14.3. The van der Waals surface area contributed by atoms with Crippen LogP contribution in [0.15, 0.2) is 0 Å². The molecule has 1 saturated heterocycles. The molecule has 2 rings (SSSR count). The lowest BCUT2D eigenvalue weighted by Gasteiger charge is -2.38. The predicted octanol–water partition coefficient (Wildman–Crippen LogP) is 2.27. The maximum absolute atomic E-state index is 5.34. The Balaban J connectivity index is 1.78. The lowest BCUT2D eigenvalue weighted by Crippen LogP contribution is -2.48. The van der Waals surface area contributed by atoms with Crippen molar-refractivity contribution in [3.63, 3.8) is 0 Å². The second-order valence-electron chi connectivity index (χ2n) is 6.08. The van der Waals surface area contributed by atoms with Crippen LogP contribution in [0.4, 0.5) is 0 Å². The van der Waals surface area contributed by atoms with E-state index in [9.17, 15) is 0 Å². The molecule has 1 saturated carbocycles. The minimum absolute atomic E-state index is 0.746. The quantitative estimate of drug-likeness (QED) is 0.719.